The first-order valence-electron chi connectivity index (χ1n) is 23.1. The average molecular weight is 827 g/mol. The molecular weight excluding hydrogens is 757 g/mol. The minimum Gasteiger partial charge on any atom is -0.494 e. The number of anilines is 2. The van der Waals surface area contributed by atoms with Crippen molar-refractivity contribution in [2.75, 3.05) is 36.9 Å². The highest BCUT2D eigenvalue weighted by Crippen LogP contribution is 2.38. The standard InChI is InChI=1S/C58H70N2O2/c1-55(2)43-15-17-44(18-16-43)56(3,4)48-25-33-52(34-26-48)60-40-12-10-14-42-62-54-37-29-50(30-38-54)58(7,8)46-21-19-45(20-22-46)57(5,6)49-27-35-53(36-28-49)61-41-13-9-11-39-59-51-31-23-47(55)24-32-51/h15-38,59-60H,9-14,39-42H2,1-8H3. The molecule has 0 saturated carbocycles. The molecule has 0 fully saturated rings. The van der Waals surface area contributed by atoms with Crippen LogP contribution < -0.4 is 20.1 Å². The molecule has 10 heterocycles. The zero-order valence-corrected chi connectivity index (χ0v) is 38.7. The van der Waals surface area contributed by atoms with Crippen molar-refractivity contribution in [3.63, 3.8) is 0 Å². The van der Waals surface area contributed by atoms with Gasteiger partial charge in [-0.1, -0.05) is 152 Å². The predicted octanol–water partition coefficient (Wildman–Crippen LogP) is 14.6. The quantitative estimate of drug-likeness (QED) is 0.160. The van der Waals surface area contributed by atoms with Gasteiger partial charge in [0.15, 0.2) is 0 Å². The Labute approximate surface area is 373 Å². The molecule has 6 aromatic rings. The first-order chi connectivity index (χ1) is 29.7. The number of benzene rings is 6. The lowest BCUT2D eigenvalue weighted by Crippen LogP contribution is -2.21. The Morgan fingerprint density at radius 2 is 0.516 bits per heavy atom. The number of ether oxygens (including phenoxy) is 2. The van der Waals surface area contributed by atoms with Gasteiger partial charge in [-0.3, -0.25) is 0 Å². The van der Waals surface area contributed by atoms with E-state index in [-0.39, 0.29) is 21.7 Å². The SMILES string of the molecule is CC1(C)c2ccc(cc2)NCCCCCOc2ccc(cc2)C(C)(C)c2ccc(cc2)C(C)(C)c2ccc(cc2)OCCCCCNc2ccc(cc2)C(C)(C)c2ccc1cc2. The smallest absolute Gasteiger partial charge is 0.119 e. The van der Waals surface area contributed by atoms with Gasteiger partial charge in [-0.25, -0.2) is 0 Å². The number of rotatable bonds is 0. The minimum absolute atomic E-state index is 0.111. The Morgan fingerprint density at radius 3 is 0.774 bits per heavy atom. The fraction of sp³-hybridized carbons (Fsp3) is 0.379. The second-order valence-electron chi connectivity index (χ2n) is 19.5. The summed E-state index contributed by atoms with van der Waals surface area (Å²) in [5.74, 6) is 1.87. The van der Waals surface area contributed by atoms with E-state index in [1.165, 1.54) is 55.9 Å². The Balaban J connectivity index is 1.01. The van der Waals surface area contributed by atoms with E-state index in [0.717, 1.165) is 76.3 Å². The topological polar surface area (TPSA) is 42.5 Å². The van der Waals surface area contributed by atoms with E-state index < -0.39 is 0 Å². The van der Waals surface area contributed by atoms with Gasteiger partial charge in [-0.2, -0.15) is 0 Å². The molecule has 4 heteroatoms. The largest absolute Gasteiger partial charge is 0.494 e. The number of nitrogens with one attached hydrogen (secondary N) is 2. The van der Waals surface area contributed by atoms with Crippen molar-refractivity contribution in [2.45, 2.75) is 116 Å². The molecule has 0 aliphatic carbocycles. The molecule has 16 rings (SSSR count). The van der Waals surface area contributed by atoms with Crippen LogP contribution in [0.5, 0.6) is 11.5 Å². The first-order valence-corrected chi connectivity index (χ1v) is 23.1. The first kappa shape index (κ1) is 44.6. The van der Waals surface area contributed by atoms with Crippen LogP contribution in [0, 0.1) is 0 Å². The van der Waals surface area contributed by atoms with Crippen LogP contribution in [-0.4, -0.2) is 26.3 Å². The highest BCUT2D eigenvalue weighted by atomic mass is 16.5. The van der Waals surface area contributed by atoms with Crippen molar-refractivity contribution >= 4 is 11.4 Å². The summed E-state index contributed by atoms with van der Waals surface area (Å²) in [6, 6.07) is 53.9. The number of hydrogen-bond donors (Lipinski definition) is 2. The summed E-state index contributed by atoms with van der Waals surface area (Å²) >= 11 is 0. The monoisotopic (exact) mass is 827 g/mol. The Bertz CT molecular complexity index is 1970. The van der Waals surface area contributed by atoms with Gasteiger partial charge < -0.3 is 20.1 Å². The molecule has 10 aliphatic heterocycles. The molecule has 0 spiro atoms. The van der Waals surface area contributed by atoms with Gasteiger partial charge in [0.2, 0.25) is 0 Å². The van der Waals surface area contributed by atoms with E-state index in [4.69, 9.17) is 9.47 Å². The summed E-state index contributed by atoms with van der Waals surface area (Å²) in [5, 5.41) is 7.27. The van der Waals surface area contributed by atoms with Gasteiger partial charge in [0.05, 0.1) is 13.2 Å². The second kappa shape index (κ2) is 19.3. The van der Waals surface area contributed by atoms with Crippen LogP contribution in [0.3, 0.4) is 0 Å². The van der Waals surface area contributed by atoms with Gasteiger partial charge in [0.1, 0.15) is 11.5 Å². The molecule has 0 unspecified atom stereocenters. The lowest BCUT2D eigenvalue weighted by atomic mass is 9.74. The van der Waals surface area contributed by atoms with Crippen LogP contribution in [0.4, 0.5) is 11.4 Å². The van der Waals surface area contributed by atoms with Gasteiger partial charge in [-0.05, 0) is 132 Å². The van der Waals surface area contributed by atoms with E-state index in [1.807, 2.05) is 0 Å². The molecular formula is C58H70N2O2. The summed E-state index contributed by atoms with van der Waals surface area (Å²) < 4.78 is 12.4. The van der Waals surface area contributed by atoms with Crippen LogP contribution in [0.25, 0.3) is 0 Å². The van der Waals surface area contributed by atoms with Gasteiger partial charge >= 0.3 is 0 Å². The van der Waals surface area contributed by atoms with Crippen molar-refractivity contribution in [2.24, 2.45) is 0 Å². The highest BCUT2D eigenvalue weighted by molar-refractivity contribution is 5.51. The van der Waals surface area contributed by atoms with Crippen molar-refractivity contribution in [3.8, 4) is 11.5 Å². The molecule has 6 aromatic carbocycles. The van der Waals surface area contributed by atoms with E-state index in [0.29, 0.717) is 0 Å². The fourth-order valence-corrected chi connectivity index (χ4v) is 8.87. The molecule has 62 heavy (non-hydrogen) atoms. The van der Waals surface area contributed by atoms with Crippen molar-refractivity contribution in [1.82, 2.24) is 0 Å². The molecule has 0 aromatic heterocycles. The molecule has 324 valence electrons. The molecule has 12 bridgehead atoms. The van der Waals surface area contributed by atoms with E-state index in [9.17, 15) is 0 Å². The third-order valence-electron chi connectivity index (χ3n) is 13.9. The average Bonchev–Trinajstić information content (AvgIpc) is 3.29. The third-order valence-corrected chi connectivity index (χ3v) is 13.9. The van der Waals surface area contributed by atoms with Crippen LogP contribution in [0.1, 0.15) is 138 Å². The third kappa shape index (κ3) is 10.4. The lowest BCUT2D eigenvalue weighted by molar-refractivity contribution is 0.305. The molecule has 2 N–H and O–H groups in total. The minimum atomic E-state index is -0.136. The number of hydrogen-bond acceptors (Lipinski definition) is 4. The summed E-state index contributed by atoms with van der Waals surface area (Å²) in [6.07, 6.45) is 6.50. The second-order valence-corrected chi connectivity index (χ2v) is 19.5. The van der Waals surface area contributed by atoms with Crippen molar-refractivity contribution < 1.29 is 9.47 Å². The molecule has 4 nitrogen and oxygen atoms in total. The Hall–Kier alpha value is -5.48. The summed E-state index contributed by atoms with van der Waals surface area (Å²) in [5.41, 5.74) is 12.3. The van der Waals surface area contributed by atoms with E-state index >= 15 is 0 Å². The molecule has 0 amide bonds. The Kier molecular flexibility index (Phi) is 13.9. The lowest BCUT2D eigenvalue weighted by Gasteiger charge is -2.30. The van der Waals surface area contributed by atoms with Crippen molar-refractivity contribution in [1.29, 1.82) is 0 Å². The Morgan fingerprint density at radius 1 is 0.290 bits per heavy atom. The zero-order chi connectivity index (χ0) is 43.8. The molecule has 0 saturated heterocycles. The van der Waals surface area contributed by atoms with E-state index in [2.05, 4.69) is 212 Å². The van der Waals surface area contributed by atoms with Crippen molar-refractivity contribution in [3.05, 3.63) is 190 Å². The maximum Gasteiger partial charge on any atom is 0.119 e. The molecule has 0 radical (unpaired) electrons. The van der Waals surface area contributed by atoms with Crippen LogP contribution in [0.2, 0.25) is 0 Å². The summed E-state index contributed by atoms with van der Waals surface area (Å²) in [4.78, 5) is 0. The van der Waals surface area contributed by atoms with Gasteiger partial charge in [0, 0.05) is 46.1 Å². The maximum absolute atomic E-state index is 6.18. The highest BCUT2D eigenvalue weighted by Gasteiger charge is 2.28. The van der Waals surface area contributed by atoms with E-state index in [1.54, 1.807) is 0 Å². The fourth-order valence-electron chi connectivity index (χ4n) is 8.87. The summed E-state index contributed by atoms with van der Waals surface area (Å²) in [6.45, 7) is 21.9. The molecule has 0 atom stereocenters. The summed E-state index contributed by atoms with van der Waals surface area (Å²) in [7, 11) is 0. The normalized spacial score (nSPS) is 18.1. The van der Waals surface area contributed by atoms with Gasteiger partial charge in [-0.15, -0.1) is 0 Å². The van der Waals surface area contributed by atoms with Crippen LogP contribution >= 0.6 is 0 Å². The zero-order valence-electron chi connectivity index (χ0n) is 38.7. The van der Waals surface area contributed by atoms with Crippen LogP contribution in [0.15, 0.2) is 146 Å². The predicted molar refractivity (Wildman–Crippen MR) is 263 cm³/mol. The van der Waals surface area contributed by atoms with Gasteiger partial charge in [0.25, 0.3) is 0 Å². The molecule has 10 aliphatic rings. The van der Waals surface area contributed by atoms with Crippen LogP contribution in [-0.2, 0) is 21.7 Å². The maximum atomic E-state index is 6.18.